The SMILES string of the molecule is Fc1ccc(-c2csc(Nc3ccc(Nc4nc(-c5ccc(F)cc5)cs4)cc3)n2)cc1. The van der Waals surface area contributed by atoms with Gasteiger partial charge in [-0.1, -0.05) is 0 Å². The van der Waals surface area contributed by atoms with Crippen molar-refractivity contribution in [1.82, 2.24) is 9.97 Å². The Kier molecular flexibility index (Phi) is 5.62. The Morgan fingerprint density at radius 1 is 0.531 bits per heavy atom. The Morgan fingerprint density at radius 2 is 0.906 bits per heavy atom. The molecule has 2 aromatic heterocycles. The van der Waals surface area contributed by atoms with Crippen molar-refractivity contribution in [3.8, 4) is 22.5 Å². The van der Waals surface area contributed by atoms with Gasteiger partial charge in [0, 0.05) is 33.3 Å². The average molecular weight is 463 g/mol. The second-order valence-electron chi connectivity index (χ2n) is 6.92. The van der Waals surface area contributed by atoms with E-state index >= 15 is 0 Å². The van der Waals surface area contributed by atoms with Crippen LogP contribution in [-0.2, 0) is 0 Å². The highest BCUT2D eigenvalue weighted by atomic mass is 32.1. The van der Waals surface area contributed by atoms with E-state index < -0.39 is 0 Å². The summed E-state index contributed by atoms with van der Waals surface area (Å²) >= 11 is 2.98. The molecule has 0 aliphatic carbocycles. The lowest BCUT2D eigenvalue weighted by atomic mass is 10.2. The van der Waals surface area contributed by atoms with Gasteiger partial charge >= 0.3 is 0 Å². The van der Waals surface area contributed by atoms with E-state index in [1.807, 2.05) is 35.0 Å². The number of benzene rings is 3. The van der Waals surface area contributed by atoms with Crippen molar-refractivity contribution in [3.05, 3.63) is 95.2 Å². The first-order chi connectivity index (χ1) is 15.6. The molecule has 0 spiro atoms. The van der Waals surface area contributed by atoms with Crippen LogP contribution >= 0.6 is 22.7 Å². The van der Waals surface area contributed by atoms with Crippen molar-refractivity contribution in [2.24, 2.45) is 0 Å². The van der Waals surface area contributed by atoms with Crippen LogP contribution in [0.15, 0.2) is 83.6 Å². The van der Waals surface area contributed by atoms with Crippen molar-refractivity contribution < 1.29 is 8.78 Å². The third-order valence-electron chi connectivity index (χ3n) is 4.68. The number of halogens is 2. The summed E-state index contributed by atoms with van der Waals surface area (Å²) in [5, 5.41) is 12.0. The van der Waals surface area contributed by atoms with Crippen molar-refractivity contribution in [3.63, 3.8) is 0 Å². The molecule has 0 aliphatic heterocycles. The van der Waals surface area contributed by atoms with E-state index in [0.717, 1.165) is 44.2 Å². The lowest BCUT2D eigenvalue weighted by Crippen LogP contribution is -1.92. The fraction of sp³-hybridized carbons (Fsp3) is 0. The minimum absolute atomic E-state index is 0.263. The highest BCUT2D eigenvalue weighted by Crippen LogP contribution is 2.30. The maximum Gasteiger partial charge on any atom is 0.187 e. The highest BCUT2D eigenvalue weighted by molar-refractivity contribution is 7.14. The lowest BCUT2D eigenvalue weighted by molar-refractivity contribution is 0.627. The van der Waals surface area contributed by atoms with Crippen LogP contribution in [0.2, 0.25) is 0 Å². The Hall–Kier alpha value is -3.62. The molecule has 158 valence electrons. The molecular formula is C24H16F2N4S2. The molecule has 0 saturated heterocycles. The van der Waals surface area contributed by atoms with Crippen molar-refractivity contribution >= 4 is 44.3 Å². The molecule has 2 heterocycles. The van der Waals surface area contributed by atoms with Crippen LogP contribution in [0.5, 0.6) is 0 Å². The van der Waals surface area contributed by atoms with E-state index in [0.29, 0.717) is 0 Å². The molecule has 0 saturated carbocycles. The van der Waals surface area contributed by atoms with Crippen LogP contribution in [0.4, 0.5) is 30.4 Å². The van der Waals surface area contributed by atoms with E-state index in [9.17, 15) is 8.78 Å². The minimum Gasteiger partial charge on any atom is -0.332 e. The zero-order valence-corrected chi connectivity index (χ0v) is 18.2. The van der Waals surface area contributed by atoms with Crippen LogP contribution in [-0.4, -0.2) is 9.97 Å². The maximum atomic E-state index is 13.1. The second kappa shape index (κ2) is 8.86. The molecule has 0 aliphatic rings. The summed E-state index contributed by atoms with van der Waals surface area (Å²) in [5.74, 6) is -0.527. The summed E-state index contributed by atoms with van der Waals surface area (Å²) in [7, 11) is 0. The number of nitrogens with zero attached hydrogens (tertiary/aromatic N) is 2. The van der Waals surface area contributed by atoms with E-state index in [-0.39, 0.29) is 11.6 Å². The van der Waals surface area contributed by atoms with Gasteiger partial charge in [0.1, 0.15) is 11.6 Å². The summed E-state index contributed by atoms with van der Waals surface area (Å²) in [5.41, 5.74) is 5.16. The molecular weight excluding hydrogens is 446 g/mol. The molecule has 0 unspecified atom stereocenters. The van der Waals surface area contributed by atoms with Gasteiger partial charge in [0.05, 0.1) is 11.4 Å². The van der Waals surface area contributed by atoms with Crippen LogP contribution < -0.4 is 10.6 Å². The number of nitrogens with one attached hydrogen (secondary N) is 2. The van der Waals surface area contributed by atoms with E-state index in [4.69, 9.17) is 0 Å². The van der Waals surface area contributed by atoms with Crippen LogP contribution in [0.25, 0.3) is 22.5 Å². The van der Waals surface area contributed by atoms with E-state index in [2.05, 4.69) is 20.6 Å². The van der Waals surface area contributed by atoms with Crippen molar-refractivity contribution in [2.75, 3.05) is 10.6 Å². The predicted octanol–water partition coefficient (Wildman–Crippen LogP) is 7.70. The minimum atomic E-state index is -0.263. The molecule has 0 amide bonds. The third kappa shape index (κ3) is 4.66. The monoisotopic (exact) mass is 462 g/mol. The van der Waals surface area contributed by atoms with Gasteiger partial charge in [-0.25, -0.2) is 18.7 Å². The summed E-state index contributed by atoms with van der Waals surface area (Å²) in [6.07, 6.45) is 0. The zero-order valence-electron chi connectivity index (χ0n) is 16.5. The fourth-order valence-electron chi connectivity index (χ4n) is 3.05. The topological polar surface area (TPSA) is 49.8 Å². The zero-order chi connectivity index (χ0) is 21.9. The number of hydrogen-bond donors (Lipinski definition) is 2. The quantitative estimate of drug-likeness (QED) is 0.271. The molecule has 8 heteroatoms. The number of thiazole rings is 2. The summed E-state index contributed by atoms with van der Waals surface area (Å²) in [6, 6.07) is 20.4. The molecule has 0 radical (unpaired) electrons. The van der Waals surface area contributed by atoms with Gasteiger partial charge in [0.15, 0.2) is 10.3 Å². The summed E-state index contributed by atoms with van der Waals surface area (Å²) in [4.78, 5) is 9.14. The van der Waals surface area contributed by atoms with E-state index in [1.165, 1.54) is 46.9 Å². The Balaban J connectivity index is 1.23. The van der Waals surface area contributed by atoms with Crippen LogP contribution in [0, 0.1) is 11.6 Å². The number of hydrogen-bond acceptors (Lipinski definition) is 6. The Labute approximate surface area is 191 Å². The van der Waals surface area contributed by atoms with E-state index in [1.54, 1.807) is 24.3 Å². The molecule has 2 N–H and O–H groups in total. The second-order valence-corrected chi connectivity index (χ2v) is 8.63. The molecule has 4 nitrogen and oxygen atoms in total. The summed E-state index contributed by atoms with van der Waals surface area (Å²) in [6.45, 7) is 0. The van der Waals surface area contributed by atoms with Gasteiger partial charge < -0.3 is 10.6 Å². The normalized spacial score (nSPS) is 10.8. The first-order valence-electron chi connectivity index (χ1n) is 9.69. The van der Waals surface area contributed by atoms with Gasteiger partial charge in [-0.15, -0.1) is 22.7 Å². The Morgan fingerprint density at radius 3 is 1.28 bits per heavy atom. The van der Waals surface area contributed by atoms with Gasteiger partial charge in [-0.05, 0) is 72.8 Å². The van der Waals surface area contributed by atoms with Crippen LogP contribution in [0.3, 0.4) is 0 Å². The lowest BCUT2D eigenvalue weighted by Gasteiger charge is -2.06. The molecule has 5 rings (SSSR count). The van der Waals surface area contributed by atoms with Gasteiger partial charge in [0.2, 0.25) is 0 Å². The van der Waals surface area contributed by atoms with Crippen molar-refractivity contribution in [2.45, 2.75) is 0 Å². The van der Waals surface area contributed by atoms with Gasteiger partial charge in [0.25, 0.3) is 0 Å². The summed E-state index contributed by atoms with van der Waals surface area (Å²) < 4.78 is 26.2. The van der Waals surface area contributed by atoms with Gasteiger partial charge in [-0.3, -0.25) is 0 Å². The Bertz CT molecular complexity index is 1220. The molecule has 0 bridgehead atoms. The highest BCUT2D eigenvalue weighted by Gasteiger charge is 2.07. The molecule has 5 aromatic rings. The smallest absolute Gasteiger partial charge is 0.187 e. The number of anilines is 4. The molecule has 3 aromatic carbocycles. The standard InChI is InChI=1S/C24H16F2N4S2/c25-17-5-1-15(2-6-17)21-13-31-23(29-21)27-19-9-11-20(12-10-19)28-24-30-22(14-32-24)16-3-7-18(26)8-4-16/h1-14H,(H,27,29)(H,28,30). The molecule has 0 fully saturated rings. The fourth-order valence-corrected chi connectivity index (χ4v) is 4.53. The maximum absolute atomic E-state index is 13.1. The van der Waals surface area contributed by atoms with Crippen molar-refractivity contribution in [1.29, 1.82) is 0 Å². The van der Waals surface area contributed by atoms with Gasteiger partial charge in [-0.2, -0.15) is 0 Å². The largest absolute Gasteiger partial charge is 0.332 e. The number of aromatic nitrogens is 2. The molecule has 0 atom stereocenters. The van der Waals surface area contributed by atoms with Crippen LogP contribution in [0.1, 0.15) is 0 Å². The average Bonchev–Trinajstić information content (AvgIpc) is 3.46. The first-order valence-corrected chi connectivity index (χ1v) is 11.5. The first kappa shape index (κ1) is 20.3. The number of rotatable bonds is 6. The predicted molar refractivity (Wildman–Crippen MR) is 128 cm³/mol. The molecule has 32 heavy (non-hydrogen) atoms. The third-order valence-corrected chi connectivity index (χ3v) is 6.19.